The van der Waals surface area contributed by atoms with E-state index in [-0.39, 0.29) is 5.60 Å². The van der Waals surface area contributed by atoms with Crippen molar-refractivity contribution in [3.8, 4) is 0 Å². The van der Waals surface area contributed by atoms with Gasteiger partial charge in [-0.25, -0.2) is 0 Å². The molecule has 2 N–H and O–H groups in total. The molecule has 17 heavy (non-hydrogen) atoms. The molecule has 3 heteroatoms. The van der Waals surface area contributed by atoms with Crippen LogP contribution >= 0.6 is 0 Å². The van der Waals surface area contributed by atoms with E-state index in [4.69, 9.17) is 10.5 Å². The molecule has 0 aliphatic carbocycles. The summed E-state index contributed by atoms with van der Waals surface area (Å²) in [6.45, 7) is 15.0. The van der Waals surface area contributed by atoms with Gasteiger partial charge < -0.3 is 10.5 Å². The lowest BCUT2D eigenvalue weighted by molar-refractivity contribution is -0.0139. The SMILES string of the molecule is COC(C)(C)CC(CN)N(CC(C)C)C(C)C. The average Bonchev–Trinajstić information content (AvgIpc) is 2.22. The Labute approximate surface area is 108 Å². The maximum Gasteiger partial charge on any atom is 0.0638 e. The molecule has 0 fully saturated rings. The van der Waals surface area contributed by atoms with Gasteiger partial charge in [0.1, 0.15) is 0 Å². The van der Waals surface area contributed by atoms with Crippen molar-refractivity contribution < 1.29 is 4.74 Å². The van der Waals surface area contributed by atoms with Crippen LogP contribution in [0.5, 0.6) is 0 Å². The zero-order valence-corrected chi connectivity index (χ0v) is 12.8. The Kier molecular flexibility index (Phi) is 7.29. The van der Waals surface area contributed by atoms with Gasteiger partial charge in [0.25, 0.3) is 0 Å². The lowest BCUT2D eigenvalue weighted by Crippen LogP contribution is -2.49. The normalized spacial score (nSPS) is 15.0. The average molecular weight is 244 g/mol. The molecule has 3 nitrogen and oxygen atoms in total. The first kappa shape index (κ1) is 16.9. The Bertz CT molecular complexity index is 202. The molecule has 0 saturated heterocycles. The number of hydrogen-bond acceptors (Lipinski definition) is 3. The van der Waals surface area contributed by atoms with Gasteiger partial charge in [-0.1, -0.05) is 13.8 Å². The molecule has 0 aromatic carbocycles. The van der Waals surface area contributed by atoms with E-state index in [1.54, 1.807) is 7.11 Å². The Morgan fingerprint density at radius 3 is 2.00 bits per heavy atom. The second-order valence-corrected chi connectivity index (χ2v) is 6.24. The highest BCUT2D eigenvalue weighted by Gasteiger charge is 2.28. The zero-order chi connectivity index (χ0) is 13.6. The summed E-state index contributed by atoms with van der Waals surface area (Å²) in [5.74, 6) is 0.664. The van der Waals surface area contributed by atoms with Gasteiger partial charge in [-0.3, -0.25) is 4.90 Å². The van der Waals surface area contributed by atoms with E-state index in [2.05, 4.69) is 46.4 Å². The van der Waals surface area contributed by atoms with Crippen LogP contribution in [0.25, 0.3) is 0 Å². The first-order chi connectivity index (χ1) is 7.73. The molecule has 0 aliphatic heterocycles. The fraction of sp³-hybridized carbons (Fsp3) is 1.00. The smallest absolute Gasteiger partial charge is 0.0638 e. The number of methoxy groups -OCH3 is 1. The molecule has 0 heterocycles. The number of nitrogens with zero attached hydrogens (tertiary/aromatic N) is 1. The molecule has 0 aromatic heterocycles. The number of ether oxygens (including phenoxy) is 1. The quantitative estimate of drug-likeness (QED) is 0.713. The molecule has 1 atom stereocenters. The summed E-state index contributed by atoms with van der Waals surface area (Å²) in [7, 11) is 1.77. The highest BCUT2D eigenvalue weighted by Crippen LogP contribution is 2.21. The van der Waals surface area contributed by atoms with Crippen LogP contribution in [0.1, 0.15) is 48.0 Å². The summed E-state index contributed by atoms with van der Waals surface area (Å²) >= 11 is 0. The van der Waals surface area contributed by atoms with Gasteiger partial charge in [-0.2, -0.15) is 0 Å². The van der Waals surface area contributed by atoms with Gasteiger partial charge in [-0.05, 0) is 40.0 Å². The predicted molar refractivity (Wildman–Crippen MR) is 75.2 cm³/mol. The van der Waals surface area contributed by atoms with E-state index in [1.165, 1.54) is 0 Å². The molecule has 1 unspecified atom stereocenters. The van der Waals surface area contributed by atoms with Crippen molar-refractivity contribution in [1.82, 2.24) is 4.90 Å². The highest BCUT2D eigenvalue weighted by molar-refractivity contribution is 4.83. The van der Waals surface area contributed by atoms with Gasteiger partial charge in [0.05, 0.1) is 5.60 Å². The van der Waals surface area contributed by atoms with Crippen LogP contribution in [-0.4, -0.2) is 42.8 Å². The topological polar surface area (TPSA) is 38.5 Å². The fourth-order valence-electron chi connectivity index (χ4n) is 2.19. The van der Waals surface area contributed by atoms with Crippen LogP contribution < -0.4 is 5.73 Å². The molecule has 0 radical (unpaired) electrons. The lowest BCUT2D eigenvalue weighted by Gasteiger charge is -2.39. The van der Waals surface area contributed by atoms with E-state index in [0.29, 0.717) is 24.5 Å². The summed E-state index contributed by atoms with van der Waals surface area (Å²) in [6.07, 6.45) is 0.977. The van der Waals surface area contributed by atoms with E-state index >= 15 is 0 Å². The Morgan fingerprint density at radius 1 is 1.18 bits per heavy atom. The van der Waals surface area contributed by atoms with Gasteiger partial charge in [0.2, 0.25) is 0 Å². The minimum atomic E-state index is -0.103. The van der Waals surface area contributed by atoms with E-state index in [1.807, 2.05) is 0 Å². The van der Waals surface area contributed by atoms with Crippen molar-refractivity contribution in [1.29, 1.82) is 0 Å². The Balaban J connectivity index is 4.67. The molecule has 0 aliphatic rings. The number of rotatable bonds is 8. The first-order valence-corrected chi connectivity index (χ1v) is 6.74. The van der Waals surface area contributed by atoms with Crippen molar-refractivity contribution in [2.45, 2.75) is 65.6 Å². The molecule has 0 amide bonds. The van der Waals surface area contributed by atoms with Crippen molar-refractivity contribution >= 4 is 0 Å². The van der Waals surface area contributed by atoms with Crippen LogP contribution in [0.3, 0.4) is 0 Å². The van der Waals surface area contributed by atoms with Crippen molar-refractivity contribution in [3.63, 3.8) is 0 Å². The Hall–Kier alpha value is -0.120. The van der Waals surface area contributed by atoms with Crippen LogP contribution in [0.4, 0.5) is 0 Å². The predicted octanol–water partition coefficient (Wildman–Crippen LogP) is 2.50. The number of nitrogens with two attached hydrogens (primary N) is 1. The molecule has 0 bridgehead atoms. The monoisotopic (exact) mass is 244 g/mol. The summed E-state index contributed by atoms with van der Waals surface area (Å²) in [5.41, 5.74) is 5.85. The fourth-order valence-corrected chi connectivity index (χ4v) is 2.19. The molecule has 104 valence electrons. The molecule has 0 rings (SSSR count). The molecule has 0 aromatic rings. The van der Waals surface area contributed by atoms with Crippen LogP contribution in [-0.2, 0) is 4.74 Å². The van der Waals surface area contributed by atoms with Gasteiger partial charge in [0.15, 0.2) is 0 Å². The van der Waals surface area contributed by atoms with Crippen LogP contribution in [0.2, 0.25) is 0 Å². The molecular formula is C14H32N2O. The number of hydrogen-bond donors (Lipinski definition) is 1. The van der Waals surface area contributed by atoms with Crippen LogP contribution in [0, 0.1) is 5.92 Å². The first-order valence-electron chi connectivity index (χ1n) is 6.74. The summed E-state index contributed by atoms with van der Waals surface area (Å²) < 4.78 is 5.52. The largest absolute Gasteiger partial charge is 0.379 e. The highest BCUT2D eigenvalue weighted by atomic mass is 16.5. The summed E-state index contributed by atoms with van der Waals surface area (Å²) in [6, 6.07) is 0.922. The van der Waals surface area contributed by atoms with E-state index in [0.717, 1.165) is 13.0 Å². The third kappa shape index (κ3) is 6.39. The molecule has 0 spiro atoms. The zero-order valence-electron chi connectivity index (χ0n) is 12.8. The maximum atomic E-state index is 5.95. The van der Waals surface area contributed by atoms with Crippen molar-refractivity contribution in [2.24, 2.45) is 11.7 Å². The molecule has 0 saturated carbocycles. The van der Waals surface area contributed by atoms with Crippen molar-refractivity contribution in [2.75, 3.05) is 20.2 Å². The Morgan fingerprint density at radius 2 is 1.71 bits per heavy atom. The minimum absolute atomic E-state index is 0.103. The van der Waals surface area contributed by atoms with Crippen molar-refractivity contribution in [3.05, 3.63) is 0 Å². The van der Waals surface area contributed by atoms with Crippen LogP contribution in [0.15, 0.2) is 0 Å². The second-order valence-electron chi connectivity index (χ2n) is 6.24. The molecular weight excluding hydrogens is 212 g/mol. The van der Waals surface area contributed by atoms with Gasteiger partial charge in [-0.15, -0.1) is 0 Å². The minimum Gasteiger partial charge on any atom is -0.379 e. The lowest BCUT2D eigenvalue weighted by atomic mass is 9.96. The maximum absolute atomic E-state index is 5.95. The summed E-state index contributed by atoms with van der Waals surface area (Å²) in [5, 5.41) is 0. The van der Waals surface area contributed by atoms with Gasteiger partial charge in [0, 0.05) is 32.3 Å². The van der Waals surface area contributed by atoms with E-state index < -0.39 is 0 Å². The third-order valence-corrected chi connectivity index (χ3v) is 3.26. The third-order valence-electron chi connectivity index (χ3n) is 3.26. The van der Waals surface area contributed by atoms with E-state index in [9.17, 15) is 0 Å². The standard InChI is InChI=1S/C14H32N2O/c1-11(2)10-16(12(3)4)13(9-15)8-14(5,6)17-7/h11-13H,8-10,15H2,1-7H3. The summed E-state index contributed by atoms with van der Waals surface area (Å²) in [4.78, 5) is 2.51. The van der Waals surface area contributed by atoms with Gasteiger partial charge >= 0.3 is 0 Å². The second kappa shape index (κ2) is 7.34.